The molecule has 0 aliphatic rings. The highest BCUT2D eigenvalue weighted by molar-refractivity contribution is 7.09. The Bertz CT molecular complexity index is 789. The standard InChI is InChI=1S/C23H32N2O4S/c1-4-6-7-9-18-10-12-19(13-11-18)22(26)25(14-8-15-29-5-2)16-21-24-20(17-30-21)23(27)28-3/h10-13,17H,4-9,14-16H2,1-3H3. The molecule has 0 unspecified atom stereocenters. The van der Waals surface area contributed by atoms with Crippen LogP contribution >= 0.6 is 11.3 Å². The van der Waals surface area contributed by atoms with Gasteiger partial charge in [0.1, 0.15) is 5.01 Å². The van der Waals surface area contributed by atoms with E-state index in [4.69, 9.17) is 9.47 Å². The summed E-state index contributed by atoms with van der Waals surface area (Å²) in [6, 6.07) is 7.89. The summed E-state index contributed by atoms with van der Waals surface area (Å²) in [6.07, 6.45) is 5.36. The van der Waals surface area contributed by atoms with Crippen molar-refractivity contribution in [2.24, 2.45) is 0 Å². The third-order valence-electron chi connectivity index (χ3n) is 4.75. The Morgan fingerprint density at radius 2 is 1.87 bits per heavy atom. The molecule has 164 valence electrons. The summed E-state index contributed by atoms with van der Waals surface area (Å²) in [5.41, 5.74) is 2.19. The zero-order chi connectivity index (χ0) is 21.8. The number of nitrogens with zero attached hydrogens (tertiary/aromatic N) is 2. The molecule has 7 heteroatoms. The summed E-state index contributed by atoms with van der Waals surface area (Å²) in [5, 5.41) is 2.37. The zero-order valence-electron chi connectivity index (χ0n) is 18.2. The van der Waals surface area contributed by atoms with Crippen molar-refractivity contribution in [3.05, 3.63) is 51.5 Å². The molecule has 2 rings (SSSR count). The average Bonchev–Trinajstić information content (AvgIpc) is 3.24. The third-order valence-corrected chi connectivity index (χ3v) is 5.58. The van der Waals surface area contributed by atoms with Crippen molar-refractivity contribution in [1.82, 2.24) is 9.88 Å². The van der Waals surface area contributed by atoms with Gasteiger partial charge in [0, 0.05) is 30.7 Å². The molecule has 1 heterocycles. The maximum atomic E-state index is 13.2. The number of benzene rings is 1. The van der Waals surface area contributed by atoms with Crippen molar-refractivity contribution >= 4 is 23.2 Å². The second-order valence-electron chi connectivity index (χ2n) is 7.05. The van der Waals surface area contributed by atoms with Crippen LogP contribution in [0.5, 0.6) is 0 Å². The fourth-order valence-corrected chi connectivity index (χ4v) is 3.85. The molecule has 0 saturated carbocycles. The maximum absolute atomic E-state index is 13.2. The van der Waals surface area contributed by atoms with E-state index in [9.17, 15) is 9.59 Å². The molecule has 6 nitrogen and oxygen atoms in total. The number of esters is 1. The van der Waals surface area contributed by atoms with Crippen LogP contribution in [-0.4, -0.2) is 48.6 Å². The molecule has 1 amide bonds. The number of hydrogen-bond donors (Lipinski definition) is 0. The molecule has 0 N–H and O–H groups in total. The van der Waals surface area contributed by atoms with Gasteiger partial charge >= 0.3 is 5.97 Å². The van der Waals surface area contributed by atoms with Crippen LogP contribution in [0.2, 0.25) is 0 Å². The van der Waals surface area contributed by atoms with Crippen molar-refractivity contribution in [3.8, 4) is 0 Å². The van der Waals surface area contributed by atoms with Crippen LogP contribution in [0.1, 0.15) is 70.9 Å². The molecular weight excluding hydrogens is 400 g/mol. The fraction of sp³-hybridized carbons (Fsp3) is 0.522. The summed E-state index contributed by atoms with van der Waals surface area (Å²) in [7, 11) is 1.33. The van der Waals surface area contributed by atoms with E-state index in [1.807, 2.05) is 31.2 Å². The van der Waals surface area contributed by atoms with E-state index in [2.05, 4.69) is 11.9 Å². The number of aromatic nitrogens is 1. The third kappa shape index (κ3) is 7.54. The Labute approximate surface area is 183 Å². The molecule has 0 saturated heterocycles. The smallest absolute Gasteiger partial charge is 0.357 e. The van der Waals surface area contributed by atoms with E-state index in [1.54, 1.807) is 10.3 Å². The molecule has 0 bridgehead atoms. The quantitative estimate of drug-likeness (QED) is 0.338. The minimum atomic E-state index is -0.467. The van der Waals surface area contributed by atoms with Gasteiger partial charge in [-0.15, -0.1) is 11.3 Å². The summed E-state index contributed by atoms with van der Waals surface area (Å²) in [4.78, 5) is 30.9. The lowest BCUT2D eigenvalue weighted by Gasteiger charge is -2.22. The fourth-order valence-electron chi connectivity index (χ4n) is 3.08. The number of methoxy groups -OCH3 is 1. The first-order valence-electron chi connectivity index (χ1n) is 10.6. The molecular formula is C23H32N2O4S. The number of carbonyl (C=O) groups is 2. The van der Waals surface area contributed by atoms with Gasteiger partial charge < -0.3 is 14.4 Å². The van der Waals surface area contributed by atoms with Crippen LogP contribution < -0.4 is 0 Å². The first-order chi connectivity index (χ1) is 14.6. The second-order valence-corrected chi connectivity index (χ2v) is 7.99. The van der Waals surface area contributed by atoms with Crippen LogP contribution in [0, 0.1) is 0 Å². The molecule has 0 aliphatic carbocycles. The van der Waals surface area contributed by atoms with Gasteiger partial charge in [-0.1, -0.05) is 31.9 Å². The van der Waals surface area contributed by atoms with E-state index >= 15 is 0 Å². The van der Waals surface area contributed by atoms with Gasteiger partial charge in [-0.05, 0) is 43.9 Å². The SMILES string of the molecule is CCCCCc1ccc(C(=O)N(CCCOCC)Cc2nc(C(=O)OC)cs2)cc1. The Hall–Kier alpha value is -2.25. The molecule has 0 atom stereocenters. The van der Waals surface area contributed by atoms with Crippen molar-refractivity contribution in [2.45, 2.75) is 52.5 Å². The topological polar surface area (TPSA) is 68.7 Å². The lowest BCUT2D eigenvalue weighted by Crippen LogP contribution is -2.32. The first-order valence-corrected chi connectivity index (χ1v) is 11.5. The van der Waals surface area contributed by atoms with Crippen molar-refractivity contribution in [1.29, 1.82) is 0 Å². The van der Waals surface area contributed by atoms with Crippen LogP contribution in [0.25, 0.3) is 0 Å². The van der Waals surface area contributed by atoms with Crippen LogP contribution in [0.15, 0.2) is 29.6 Å². The number of amides is 1. The van der Waals surface area contributed by atoms with E-state index in [0.29, 0.717) is 36.9 Å². The number of thiazole rings is 1. The molecule has 0 spiro atoms. The molecule has 0 radical (unpaired) electrons. The van der Waals surface area contributed by atoms with Gasteiger partial charge in [-0.3, -0.25) is 4.79 Å². The van der Waals surface area contributed by atoms with E-state index in [1.165, 1.54) is 43.3 Å². The predicted octanol–water partition coefficient (Wildman–Crippen LogP) is 4.73. The Morgan fingerprint density at radius 1 is 1.10 bits per heavy atom. The number of carbonyl (C=O) groups excluding carboxylic acids is 2. The molecule has 0 fully saturated rings. The van der Waals surface area contributed by atoms with Crippen LogP contribution in [0.3, 0.4) is 0 Å². The van der Waals surface area contributed by atoms with Crippen molar-refractivity contribution in [2.75, 3.05) is 26.9 Å². The largest absolute Gasteiger partial charge is 0.464 e. The lowest BCUT2D eigenvalue weighted by atomic mass is 10.0. The van der Waals surface area contributed by atoms with Crippen molar-refractivity contribution in [3.63, 3.8) is 0 Å². The molecule has 1 aromatic carbocycles. The lowest BCUT2D eigenvalue weighted by molar-refractivity contribution is 0.0594. The van der Waals surface area contributed by atoms with Gasteiger partial charge in [-0.2, -0.15) is 0 Å². The van der Waals surface area contributed by atoms with Gasteiger partial charge in [0.05, 0.1) is 13.7 Å². The number of hydrogen-bond acceptors (Lipinski definition) is 6. The molecule has 1 aromatic heterocycles. The average molecular weight is 433 g/mol. The summed E-state index contributed by atoms with van der Waals surface area (Å²) < 4.78 is 10.1. The van der Waals surface area contributed by atoms with Crippen molar-refractivity contribution < 1.29 is 19.1 Å². The molecule has 30 heavy (non-hydrogen) atoms. The Kier molecular flexibility index (Phi) is 10.5. The highest BCUT2D eigenvalue weighted by atomic mass is 32.1. The Balaban J connectivity index is 2.07. The van der Waals surface area contributed by atoms with Gasteiger partial charge in [-0.25, -0.2) is 9.78 Å². The van der Waals surface area contributed by atoms with E-state index in [0.717, 1.165) is 12.8 Å². The van der Waals surface area contributed by atoms with Crippen LogP contribution in [0.4, 0.5) is 0 Å². The predicted molar refractivity (Wildman–Crippen MR) is 119 cm³/mol. The van der Waals surface area contributed by atoms with Crippen LogP contribution in [-0.2, 0) is 22.4 Å². The Morgan fingerprint density at radius 3 is 2.53 bits per heavy atom. The number of aryl methyl sites for hydroxylation is 1. The van der Waals surface area contributed by atoms with Gasteiger partial charge in [0.25, 0.3) is 5.91 Å². The summed E-state index contributed by atoms with van der Waals surface area (Å²) in [6.45, 7) is 6.31. The van der Waals surface area contributed by atoms with E-state index in [-0.39, 0.29) is 11.6 Å². The first kappa shape index (κ1) is 24.0. The number of rotatable bonds is 13. The zero-order valence-corrected chi connectivity index (χ0v) is 19.0. The maximum Gasteiger partial charge on any atom is 0.357 e. The summed E-state index contributed by atoms with van der Waals surface area (Å²) in [5.74, 6) is -0.508. The normalized spacial score (nSPS) is 10.8. The van der Waals surface area contributed by atoms with Gasteiger partial charge in [0.2, 0.25) is 0 Å². The summed E-state index contributed by atoms with van der Waals surface area (Å²) >= 11 is 1.35. The highest BCUT2D eigenvalue weighted by Gasteiger charge is 2.19. The number of ether oxygens (including phenoxy) is 2. The monoisotopic (exact) mass is 432 g/mol. The highest BCUT2D eigenvalue weighted by Crippen LogP contribution is 2.17. The molecule has 0 aliphatic heterocycles. The number of unbranched alkanes of at least 4 members (excludes halogenated alkanes) is 2. The van der Waals surface area contributed by atoms with Gasteiger partial charge in [0.15, 0.2) is 5.69 Å². The second kappa shape index (κ2) is 13.1. The minimum Gasteiger partial charge on any atom is -0.464 e. The molecule has 2 aromatic rings. The minimum absolute atomic E-state index is 0.0403. The van der Waals surface area contributed by atoms with E-state index < -0.39 is 5.97 Å².